The van der Waals surface area contributed by atoms with Crippen molar-refractivity contribution in [3.63, 3.8) is 0 Å². The van der Waals surface area contributed by atoms with Gasteiger partial charge in [0.25, 0.3) is 0 Å². The number of Topliss-reactive ketones (excluding diaryl/α,β-unsaturated/α-hetero) is 1. The fourth-order valence-corrected chi connectivity index (χ4v) is 1.88. The molecule has 1 aromatic rings. The number of hydrogen-bond donors (Lipinski definition) is 2. The summed E-state index contributed by atoms with van der Waals surface area (Å²) in [6.07, 6.45) is -0.348. The zero-order valence-corrected chi connectivity index (χ0v) is 9.23. The number of phenols is 1. The van der Waals surface area contributed by atoms with Crippen LogP contribution in [0.25, 0.3) is 0 Å². The van der Waals surface area contributed by atoms with Gasteiger partial charge in [-0.05, 0) is 25.5 Å². The molecule has 0 saturated heterocycles. The Kier molecular flexibility index (Phi) is 2.59. The average Bonchev–Trinajstić information content (AvgIpc) is 2.21. The van der Waals surface area contributed by atoms with Gasteiger partial charge < -0.3 is 14.9 Å². The van der Waals surface area contributed by atoms with Crippen molar-refractivity contribution in [2.75, 3.05) is 0 Å². The van der Waals surface area contributed by atoms with E-state index in [4.69, 9.17) is 4.74 Å². The second kappa shape index (κ2) is 3.79. The first-order valence-corrected chi connectivity index (χ1v) is 5.21. The third-order valence-corrected chi connectivity index (χ3v) is 2.88. The number of aliphatic hydroxyl groups excluding tert-OH is 1. The molecule has 2 unspecified atom stereocenters. The molecule has 1 aromatic carbocycles. The van der Waals surface area contributed by atoms with Crippen LogP contribution in [0.4, 0.5) is 0 Å². The Bertz CT molecular complexity index is 439. The summed E-state index contributed by atoms with van der Waals surface area (Å²) >= 11 is 0. The first kappa shape index (κ1) is 11.0. The molecule has 0 amide bonds. The van der Waals surface area contributed by atoms with Crippen LogP contribution in [0, 0.1) is 5.92 Å². The number of aromatic hydroxyl groups is 1. The van der Waals surface area contributed by atoms with Crippen LogP contribution in [0.5, 0.6) is 11.5 Å². The van der Waals surface area contributed by atoms with Gasteiger partial charge in [-0.15, -0.1) is 0 Å². The molecule has 1 aliphatic rings. The van der Waals surface area contributed by atoms with Crippen molar-refractivity contribution in [2.45, 2.75) is 26.6 Å². The first-order valence-electron chi connectivity index (χ1n) is 5.21. The Morgan fingerprint density at radius 3 is 2.81 bits per heavy atom. The van der Waals surface area contributed by atoms with Crippen molar-refractivity contribution in [3.8, 4) is 11.5 Å². The van der Waals surface area contributed by atoms with E-state index in [-0.39, 0.29) is 17.5 Å². The molecule has 0 saturated carbocycles. The summed E-state index contributed by atoms with van der Waals surface area (Å²) in [4.78, 5) is 11.2. The second-order valence-corrected chi connectivity index (χ2v) is 4.18. The Hall–Kier alpha value is -1.55. The molecule has 86 valence electrons. The summed E-state index contributed by atoms with van der Waals surface area (Å²) in [7, 11) is 0. The predicted molar refractivity (Wildman–Crippen MR) is 57.6 cm³/mol. The smallest absolute Gasteiger partial charge is 0.200 e. The molecule has 0 aliphatic carbocycles. The largest absolute Gasteiger partial charge is 0.507 e. The zero-order valence-electron chi connectivity index (χ0n) is 9.23. The molecule has 4 heteroatoms. The molecule has 0 radical (unpaired) electrons. The Morgan fingerprint density at radius 1 is 1.50 bits per heavy atom. The van der Waals surface area contributed by atoms with E-state index in [0.717, 1.165) is 0 Å². The number of ether oxygens (including phenoxy) is 1. The molecule has 2 N–H and O–H groups in total. The minimum absolute atomic E-state index is 0.0243. The minimum Gasteiger partial charge on any atom is -0.507 e. The molecule has 4 nitrogen and oxygen atoms in total. The van der Waals surface area contributed by atoms with Gasteiger partial charge in [0.05, 0.1) is 5.56 Å². The van der Waals surface area contributed by atoms with Crippen LogP contribution in [0.2, 0.25) is 0 Å². The second-order valence-electron chi connectivity index (χ2n) is 4.18. The number of hydrogen-bond acceptors (Lipinski definition) is 4. The number of carbonyl (C=O) groups is 1. The van der Waals surface area contributed by atoms with Gasteiger partial charge in [-0.25, -0.2) is 0 Å². The molecular weight excluding hydrogens is 208 g/mol. The Balaban J connectivity index is 2.50. The van der Waals surface area contributed by atoms with Gasteiger partial charge >= 0.3 is 0 Å². The lowest BCUT2D eigenvalue weighted by molar-refractivity contribution is -0.0673. The van der Waals surface area contributed by atoms with Crippen molar-refractivity contribution >= 4 is 5.78 Å². The van der Waals surface area contributed by atoms with E-state index in [2.05, 4.69) is 0 Å². The summed E-state index contributed by atoms with van der Waals surface area (Å²) < 4.78 is 5.24. The molecule has 1 aliphatic heterocycles. The Labute approximate surface area is 93.5 Å². The molecule has 0 aromatic heterocycles. The van der Waals surface area contributed by atoms with Gasteiger partial charge in [-0.1, -0.05) is 6.92 Å². The van der Waals surface area contributed by atoms with Crippen LogP contribution >= 0.6 is 0 Å². The van der Waals surface area contributed by atoms with Gasteiger partial charge in [0, 0.05) is 11.5 Å². The maximum absolute atomic E-state index is 11.2. The van der Waals surface area contributed by atoms with Gasteiger partial charge in [0.1, 0.15) is 11.5 Å². The molecule has 2 atom stereocenters. The highest BCUT2D eigenvalue weighted by Gasteiger charge is 2.28. The van der Waals surface area contributed by atoms with E-state index in [9.17, 15) is 15.0 Å². The highest BCUT2D eigenvalue weighted by molar-refractivity contribution is 5.97. The van der Waals surface area contributed by atoms with Crippen molar-refractivity contribution in [1.29, 1.82) is 0 Å². The van der Waals surface area contributed by atoms with Gasteiger partial charge in [0.2, 0.25) is 0 Å². The fourth-order valence-electron chi connectivity index (χ4n) is 1.88. The first-order chi connectivity index (χ1) is 7.50. The maximum atomic E-state index is 11.2. The predicted octanol–water partition coefficient (Wildman–Crippen LogP) is 1.48. The van der Waals surface area contributed by atoms with E-state index in [1.165, 1.54) is 13.0 Å². The molecule has 1 heterocycles. The molecule has 0 bridgehead atoms. The summed E-state index contributed by atoms with van der Waals surface area (Å²) in [5, 5.41) is 19.4. The van der Waals surface area contributed by atoms with Crippen LogP contribution in [0.1, 0.15) is 29.8 Å². The zero-order chi connectivity index (χ0) is 11.9. The lowest BCUT2D eigenvalue weighted by Crippen LogP contribution is -2.30. The summed E-state index contributed by atoms with van der Waals surface area (Å²) in [5.41, 5.74) is 0.899. The van der Waals surface area contributed by atoms with Crippen LogP contribution in [-0.2, 0) is 6.42 Å². The van der Waals surface area contributed by atoms with Crippen molar-refractivity contribution < 1.29 is 19.7 Å². The van der Waals surface area contributed by atoms with Crippen molar-refractivity contribution in [2.24, 2.45) is 5.92 Å². The van der Waals surface area contributed by atoms with E-state index < -0.39 is 6.29 Å². The van der Waals surface area contributed by atoms with Crippen LogP contribution < -0.4 is 4.74 Å². The topological polar surface area (TPSA) is 66.8 Å². The fraction of sp³-hybridized carbons (Fsp3) is 0.417. The van der Waals surface area contributed by atoms with E-state index >= 15 is 0 Å². The molecule has 2 rings (SSSR count). The van der Waals surface area contributed by atoms with E-state index in [1.807, 2.05) is 6.92 Å². The number of phenolic OH excluding ortho intramolecular Hbond substituents is 1. The number of carbonyl (C=O) groups excluding carboxylic acids is 1. The van der Waals surface area contributed by atoms with Crippen molar-refractivity contribution in [3.05, 3.63) is 23.3 Å². The van der Waals surface area contributed by atoms with E-state index in [0.29, 0.717) is 23.3 Å². The SMILES string of the molecule is CC(=O)c1ccc2c(c1O)CC(C)C(O)O2. The molecular formula is C12H14O4. The van der Waals surface area contributed by atoms with Crippen LogP contribution in [0.3, 0.4) is 0 Å². The number of rotatable bonds is 1. The lowest BCUT2D eigenvalue weighted by Gasteiger charge is -2.28. The van der Waals surface area contributed by atoms with Gasteiger partial charge in [-0.2, -0.15) is 0 Å². The van der Waals surface area contributed by atoms with Gasteiger partial charge in [-0.3, -0.25) is 4.79 Å². The quantitative estimate of drug-likeness (QED) is 0.706. The summed E-state index contributed by atoms with van der Waals surface area (Å²) in [6, 6.07) is 3.13. The normalized spacial score (nSPS) is 23.4. The number of aliphatic hydroxyl groups is 1. The third kappa shape index (κ3) is 1.65. The molecule has 0 spiro atoms. The number of ketones is 1. The highest BCUT2D eigenvalue weighted by Crippen LogP contribution is 2.38. The number of benzene rings is 1. The van der Waals surface area contributed by atoms with Crippen LogP contribution in [0.15, 0.2) is 12.1 Å². The van der Waals surface area contributed by atoms with E-state index in [1.54, 1.807) is 6.07 Å². The summed E-state index contributed by atoms with van der Waals surface area (Å²) in [5.74, 6) is 0.150. The van der Waals surface area contributed by atoms with Crippen molar-refractivity contribution in [1.82, 2.24) is 0 Å². The summed E-state index contributed by atoms with van der Waals surface area (Å²) in [6.45, 7) is 3.23. The third-order valence-electron chi connectivity index (χ3n) is 2.88. The standard InChI is InChI=1S/C12H14O4/c1-6-5-9-10(16-12(6)15)4-3-8(7(2)13)11(9)14/h3-4,6,12,14-15H,5H2,1-2H3. The maximum Gasteiger partial charge on any atom is 0.200 e. The Morgan fingerprint density at radius 2 is 2.19 bits per heavy atom. The number of fused-ring (bicyclic) bond motifs is 1. The molecule has 0 fully saturated rings. The monoisotopic (exact) mass is 222 g/mol. The lowest BCUT2D eigenvalue weighted by atomic mass is 9.93. The van der Waals surface area contributed by atoms with Crippen LogP contribution in [-0.4, -0.2) is 22.3 Å². The minimum atomic E-state index is -0.852. The van der Waals surface area contributed by atoms with Gasteiger partial charge in [0.15, 0.2) is 12.1 Å². The highest BCUT2D eigenvalue weighted by atomic mass is 16.6. The average molecular weight is 222 g/mol. The molecule has 16 heavy (non-hydrogen) atoms.